The third kappa shape index (κ3) is 3.12. The van der Waals surface area contributed by atoms with Crippen LogP contribution in [-0.2, 0) is 0 Å². The lowest BCUT2D eigenvalue weighted by atomic mass is 10.1. The maximum absolute atomic E-state index is 5.60. The van der Waals surface area contributed by atoms with Gasteiger partial charge in [-0.15, -0.1) is 0 Å². The van der Waals surface area contributed by atoms with Crippen LogP contribution in [0.25, 0.3) is 0 Å². The summed E-state index contributed by atoms with van der Waals surface area (Å²) in [7, 11) is 0. The molecule has 0 bridgehead atoms. The molecule has 1 fully saturated rings. The molecular formula is C12H18N4S. The minimum Gasteiger partial charge on any atom is -0.388 e. The molecule has 5 heteroatoms. The molecular weight excluding hydrogens is 232 g/mol. The Morgan fingerprint density at radius 2 is 2.24 bits per heavy atom. The largest absolute Gasteiger partial charge is 0.388 e. The highest BCUT2D eigenvalue weighted by Gasteiger charge is 2.21. The summed E-state index contributed by atoms with van der Waals surface area (Å²) < 4.78 is 0. The molecule has 0 spiro atoms. The van der Waals surface area contributed by atoms with Crippen LogP contribution in [0.2, 0.25) is 0 Å². The second-order valence-electron chi connectivity index (χ2n) is 4.84. The van der Waals surface area contributed by atoms with Crippen molar-refractivity contribution in [2.75, 3.05) is 5.32 Å². The predicted octanol–water partition coefficient (Wildman–Crippen LogP) is 2.02. The number of nitrogens with zero attached hydrogens (tertiary/aromatic N) is 2. The van der Waals surface area contributed by atoms with Crippen LogP contribution in [0.15, 0.2) is 6.07 Å². The van der Waals surface area contributed by atoms with Gasteiger partial charge in [-0.1, -0.05) is 19.1 Å². The van der Waals surface area contributed by atoms with E-state index in [-0.39, 0.29) is 0 Å². The predicted molar refractivity (Wildman–Crippen MR) is 73.1 cm³/mol. The molecule has 0 aliphatic heterocycles. The smallest absolute Gasteiger partial charge is 0.223 e. The number of hydrogen-bond acceptors (Lipinski definition) is 4. The molecule has 0 saturated heterocycles. The Morgan fingerprint density at radius 1 is 1.47 bits per heavy atom. The summed E-state index contributed by atoms with van der Waals surface area (Å²) in [4.78, 5) is 9.02. The number of aromatic nitrogens is 2. The first kappa shape index (κ1) is 12.2. The van der Waals surface area contributed by atoms with Crippen molar-refractivity contribution in [3.63, 3.8) is 0 Å². The SMILES string of the molecule is Cc1cc(C(N)=S)nc(NC2CCC(C)C2)n1. The van der Waals surface area contributed by atoms with Gasteiger partial charge in [0.05, 0.1) is 0 Å². The molecule has 1 aliphatic rings. The van der Waals surface area contributed by atoms with Crippen molar-refractivity contribution in [3.05, 3.63) is 17.5 Å². The highest BCUT2D eigenvalue weighted by Crippen LogP contribution is 2.26. The van der Waals surface area contributed by atoms with E-state index in [9.17, 15) is 0 Å². The van der Waals surface area contributed by atoms with E-state index in [1.54, 1.807) is 0 Å². The molecule has 1 aromatic heterocycles. The monoisotopic (exact) mass is 250 g/mol. The van der Waals surface area contributed by atoms with Crippen LogP contribution >= 0.6 is 12.2 Å². The maximum Gasteiger partial charge on any atom is 0.223 e. The Morgan fingerprint density at radius 3 is 2.82 bits per heavy atom. The number of thiocarbonyl (C=S) groups is 1. The van der Waals surface area contributed by atoms with Crippen LogP contribution in [0.3, 0.4) is 0 Å². The summed E-state index contributed by atoms with van der Waals surface area (Å²) in [5, 5.41) is 3.37. The van der Waals surface area contributed by atoms with E-state index in [0.29, 0.717) is 22.7 Å². The van der Waals surface area contributed by atoms with Gasteiger partial charge in [0.15, 0.2) is 0 Å². The summed E-state index contributed by atoms with van der Waals surface area (Å²) in [5.74, 6) is 1.43. The van der Waals surface area contributed by atoms with Crippen molar-refractivity contribution in [2.45, 2.75) is 39.2 Å². The van der Waals surface area contributed by atoms with E-state index in [4.69, 9.17) is 18.0 Å². The standard InChI is InChI=1S/C12H18N4S/c1-7-3-4-9(5-7)15-12-14-8(2)6-10(16-12)11(13)17/h6-7,9H,3-5H2,1-2H3,(H2,13,17)(H,14,15,16). The third-order valence-electron chi connectivity index (χ3n) is 3.13. The van der Waals surface area contributed by atoms with Gasteiger partial charge in [-0.05, 0) is 38.2 Å². The van der Waals surface area contributed by atoms with Gasteiger partial charge in [0.2, 0.25) is 5.95 Å². The van der Waals surface area contributed by atoms with Crippen molar-refractivity contribution >= 4 is 23.2 Å². The fourth-order valence-corrected chi connectivity index (χ4v) is 2.38. The number of rotatable bonds is 3. The molecule has 17 heavy (non-hydrogen) atoms. The first-order valence-electron chi connectivity index (χ1n) is 5.96. The molecule has 2 rings (SSSR count). The summed E-state index contributed by atoms with van der Waals surface area (Å²) in [6.45, 7) is 4.20. The van der Waals surface area contributed by atoms with Crippen molar-refractivity contribution < 1.29 is 0 Å². The van der Waals surface area contributed by atoms with Gasteiger partial charge in [-0.3, -0.25) is 0 Å². The molecule has 0 amide bonds. The zero-order valence-electron chi connectivity index (χ0n) is 10.2. The van der Waals surface area contributed by atoms with Crippen LogP contribution in [0.4, 0.5) is 5.95 Å². The second-order valence-corrected chi connectivity index (χ2v) is 5.28. The molecule has 0 radical (unpaired) electrons. The lowest BCUT2D eigenvalue weighted by Crippen LogP contribution is -2.20. The molecule has 1 saturated carbocycles. The van der Waals surface area contributed by atoms with Crippen LogP contribution in [0.5, 0.6) is 0 Å². The Hall–Kier alpha value is -1.23. The average molecular weight is 250 g/mol. The number of nitrogens with one attached hydrogen (secondary N) is 1. The van der Waals surface area contributed by atoms with Crippen molar-refractivity contribution in [1.82, 2.24) is 9.97 Å². The van der Waals surface area contributed by atoms with Crippen LogP contribution in [0.1, 0.15) is 37.6 Å². The van der Waals surface area contributed by atoms with Crippen molar-refractivity contribution in [3.8, 4) is 0 Å². The number of hydrogen-bond donors (Lipinski definition) is 2. The zero-order valence-corrected chi connectivity index (χ0v) is 11.0. The molecule has 1 aliphatic carbocycles. The summed E-state index contributed by atoms with van der Waals surface area (Å²) >= 11 is 4.94. The minimum atomic E-state index is 0.318. The van der Waals surface area contributed by atoms with Gasteiger partial charge in [-0.25, -0.2) is 9.97 Å². The summed E-state index contributed by atoms with van der Waals surface area (Å²) in [6, 6.07) is 2.29. The quantitative estimate of drug-likeness (QED) is 0.804. The van der Waals surface area contributed by atoms with Gasteiger partial charge in [0, 0.05) is 11.7 Å². The van der Waals surface area contributed by atoms with E-state index < -0.39 is 0 Å². The fourth-order valence-electron chi connectivity index (χ4n) is 2.28. The molecule has 3 N–H and O–H groups in total. The molecule has 92 valence electrons. The topological polar surface area (TPSA) is 63.8 Å². The van der Waals surface area contributed by atoms with E-state index in [2.05, 4.69) is 22.2 Å². The Kier molecular flexibility index (Phi) is 3.57. The second kappa shape index (κ2) is 4.96. The molecule has 0 aromatic carbocycles. The molecule has 4 nitrogen and oxygen atoms in total. The fraction of sp³-hybridized carbons (Fsp3) is 0.583. The Bertz CT molecular complexity index is 433. The van der Waals surface area contributed by atoms with E-state index in [0.717, 1.165) is 11.6 Å². The lowest BCUT2D eigenvalue weighted by molar-refractivity contribution is 0.601. The zero-order chi connectivity index (χ0) is 12.4. The Labute approximate surface area is 107 Å². The van der Waals surface area contributed by atoms with Gasteiger partial charge >= 0.3 is 0 Å². The van der Waals surface area contributed by atoms with Gasteiger partial charge < -0.3 is 11.1 Å². The van der Waals surface area contributed by atoms with Crippen LogP contribution in [-0.4, -0.2) is 21.0 Å². The van der Waals surface area contributed by atoms with Crippen LogP contribution < -0.4 is 11.1 Å². The van der Waals surface area contributed by atoms with Crippen LogP contribution in [0, 0.1) is 12.8 Å². The van der Waals surface area contributed by atoms with Crippen molar-refractivity contribution in [1.29, 1.82) is 0 Å². The maximum atomic E-state index is 5.60. The van der Waals surface area contributed by atoms with Gasteiger partial charge in [0.1, 0.15) is 10.7 Å². The third-order valence-corrected chi connectivity index (χ3v) is 3.34. The van der Waals surface area contributed by atoms with Gasteiger partial charge in [-0.2, -0.15) is 0 Å². The van der Waals surface area contributed by atoms with Gasteiger partial charge in [0.25, 0.3) is 0 Å². The Balaban J connectivity index is 2.12. The normalized spacial score (nSPS) is 23.6. The van der Waals surface area contributed by atoms with E-state index in [1.807, 2.05) is 13.0 Å². The summed E-state index contributed by atoms with van der Waals surface area (Å²) in [5.41, 5.74) is 7.12. The molecule has 1 aromatic rings. The number of aryl methyl sites for hydroxylation is 1. The highest BCUT2D eigenvalue weighted by molar-refractivity contribution is 7.80. The number of anilines is 1. The van der Waals surface area contributed by atoms with E-state index >= 15 is 0 Å². The minimum absolute atomic E-state index is 0.318. The lowest BCUT2D eigenvalue weighted by Gasteiger charge is -2.13. The average Bonchev–Trinajstić information content (AvgIpc) is 2.63. The first-order valence-corrected chi connectivity index (χ1v) is 6.37. The first-order chi connectivity index (χ1) is 8.04. The number of nitrogens with two attached hydrogens (primary N) is 1. The molecule has 1 heterocycles. The van der Waals surface area contributed by atoms with E-state index in [1.165, 1.54) is 19.3 Å². The molecule has 2 atom stereocenters. The highest BCUT2D eigenvalue weighted by atomic mass is 32.1. The summed E-state index contributed by atoms with van der Waals surface area (Å²) in [6.07, 6.45) is 3.63. The molecule has 2 unspecified atom stereocenters. The van der Waals surface area contributed by atoms with Crippen molar-refractivity contribution in [2.24, 2.45) is 11.7 Å².